The number of fused-ring (bicyclic) bond motifs is 2. The topological polar surface area (TPSA) is 84.5 Å². The summed E-state index contributed by atoms with van der Waals surface area (Å²) >= 11 is 0. The van der Waals surface area contributed by atoms with Crippen LogP contribution in [0.3, 0.4) is 0 Å². The second-order valence-corrected chi connectivity index (χ2v) is 7.86. The van der Waals surface area contributed by atoms with Gasteiger partial charge in [0.05, 0.1) is 25.2 Å². The Labute approximate surface area is 163 Å². The number of nitrogens with zero attached hydrogens (tertiary/aromatic N) is 2. The van der Waals surface area contributed by atoms with E-state index in [1.54, 1.807) is 0 Å². The Balaban J connectivity index is 1.34. The first-order chi connectivity index (χ1) is 13.7. The molecule has 1 unspecified atom stereocenters. The largest absolute Gasteiger partial charge is 0.486 e. The summed E-state index contributed by atoms with van der Waals surface area (Å²) < 4.78 is 11.8. The fraction of sp³-hybridized carbons (Fsp3) is 0.476. The summed E-state index contributed by atoms with van der Waals surface area (Å²) in [6.45, 7) is 2.28. The number of aromatic amines is 1. The number of likely N-dealkylation sites (tertiary alicyclic amines) is 1. The number of Topliss-reactive ketones (excluding diaryl/α,β-unsaturated/α-hetero) is 1. The third-order valence-electron chi connectivity index (χ3n) is 6.08. The fourth-order valence-electron chi connectivity index (χ4n) is 4.53. The van der Waals surface area contributed by atoms with Crippen molar-refractivity contribution in [3.05, 3.63) is 46.8 Å². The summed E-state index contributed by atoms with van der Waals surface area (Å²) in [5, 5.41) is 7.26. The van der Waals surface area contributed by atoms with Gasteiger partial charge in [-0.05, 0) is 25.0 Å². The van der Waals surface area contributed by atoms with Gasteiger partial charge in [-0.25, -0.2) is 0 Å². The number of ketones is 1. The van der Waals surface area contributed by atoms with Crippen LogP contribution < -0.4 is 4.74 Å². The SMILES string of the molecule is O=C1CC2(CCCN(C(=O)c3n[nH]c4c3COCC4)CC2)Oc2ccccc21. The average molecular weight is 381 g/mol. The molecule has 1 spiro atoms. The van der Waals surface area contributed by atoms with Crippen LogP contribution in [-0.4, -0.2) is 52.1 Å². The van der Waals surface area contributed by atoms with Gasteiger partial charge in [0.15, 0.2) is 11.5 Å². The van der Waals surface area contributed by atoms with E-state index in [-0.39, 0.29) is 11.7 Å². The summed E-state index contributed by atoms with van der Waals surface area (Å²) in [5.74, 6) is 0.722. The number of para-hydroxylation sites is 1. The molecule has 0 bridgehead atoms. The van der Waals surface area contributed by atoms with Crippen molar-refractivity contribution in [1.29, 1.82) is 0 Å². The van der Waals surface area contributed by atoms with Gasteiger partial charge < -0.3 is 14.4 Å². The number of carbonyl (C=O) groups is 2. The lowest BCUT2D eigenvalue weighted by Gasteiger charge is -2.37. The zero-order valence-corrected chi connectivity index (χ0v) is 15.7. The maximum Gasteiger partial charge on any atom is 0.274 e. The van der Waals surface area contributed by atoms with Crippen molar-refractivity contribution in [1.82, 2.24) is 15.1 Å². The van der Waals surface area contributed by atoms with E-state index >= 15 is 0 Å². The van der Waals surface area contributed by atoms with Crippen LogP contribution in [0.4, 0.5) is 0 Å². The van der Waals surface area contributed by atoms with Gasteiger partial charge in [-0.2, -0.15) is 5.10 Å². The Morgan fingerprint density at radius 1 is 1.21 bits per heavy atom. The normalized spacial score (nSPS) is 24.3. The first kappa shape index (κ1) is 17.4. The lowest BCUT2D eigenvalue weighted by Crippen LogP contribution is -2.43. The van der Waals surface area contributed by atoms with Crippen LogP contribution in [0.15, 0.2) is 24.3 Å². The second kappa shape index (κ2) is 6.74. The summed E-state index contributed by atoms with van der Waals surface area (Å²) in [5.41, 5.74) is 2.49. The smallest absolute Gasteiger partial charge is 0.274 e. The Kier molecular flexibility index (Phi) is 4.19. The number of amides is 1. The van der Waals surface area contributed by atoms with E-state index in [1.807, 2.05) is 29.2 Å². The monoisotopic (exact) mass is 381 g/mol. The molecule has 1 aromatic heterocycles. The van der Waals surface area contributed by atoms with Crippen molar-refractivity contribution in [3.63, 3.8) is 0 Å². The molecule has 1 N–H and O–H groups in total. The first-order valence-electron chi connectivity index (χ1n) is 9.90. The number of hydrogen-bond acceptors (Lipinski definition) is 5. The average Bonchev–Trinajstić information content (AvgIpc) is 3.04. The van der Waals surface area contributed by atoms with Crippen molar-refractivity contribution >= 4 is 11.7 Å². The number of hydrogen-bond donors (Lipinski definition) is 1. The predicted molar refractivity (Wildman–Crippen MR) is 100 cm³/mol. The Morgan fingerprint density at radius 3 is 3.04 bits per heavy atom. The van der Waals surface area contributed by atoms with Crippen LogP contribution in [0.25, 0.3) is 0 Å². The van der Waals surface area contributed by atoms with E-state index in [0.717, 1.165) is 30.5 Å². The highest BCUT2D eigenvalue weighted by Crippen LogP contribution is 2.39. The highest BCUT2D eigenvalue weighted by Gasteiger charge is 2.42. The molecule has 1 saturated heterocycles. The molecule has 3 aliphatic heterocycles. The second-order valence-electron chi connectivity index (χ2n) is 7.86. The molecule has 146 valence electrons. The van der Waals surface area contributed by atoms with Crippen molar-refractivity contribution < 1.29 is 19.1 Å². The summed E-state index contributed by atoms with van der Waals surface area (Å²) in [4.78, 5) is 27.6. The minimum absolute atomic E-state index is 0.0670. The molecule has 5 rings (SSSR count). The van der Waals surface area contributed by atoms with Gasteiger partial charge in [0.1, 0.15) is 11.4 Å². The van der Waals surface area contributed by atoms with Crippen LogP contribution in [0.5, 0.6) is 5.75 Å². The van der Waals surface area contributed by atoms with E-state index in [0.29, 0.717) is 56.2 Å². The van der Waals surface area contributed by atoms with Gasteiger partial charge in [0, 0.05) is 37.2 Å². The van der Waals surface area contributed by atoms with E-state index < -0.39 is 5.60 Å². The molecule has 0 saturated carbocycles. The van der Waals surface area contributed by atoms with Gasteiger partial charge >= 0.3 is 0 Å². The summed E-state index contributed by atoms with van der Waals surface area (Å²) in [7, 11) is 0. The number of carbonyl (C=O) groups excluding carboxylic acids is 2. The zero-order chi connectivity index (χ0) is 19.1. The van der Waals surface area contributed by atoms with Crippen LogP contribution >= 0.6 is 0 Å². The molecule has 7 heteroatoms. The molecule has 28 heavy (non-hydrogen) atoms. The van der Waals surface area contributed by atoms with Crippen LogP contribution in [0, 0.1) is 0 Å². The Bertz CT molecular complexity index is 937. The molecule has 1 atom stereocenters. The zero-order valence-electron chi connectivity index (χ0n) is 15.7. The van der Waals surface area contributed by atoms with Crippen molar-refractivity contribution in [2.24, 2.45) is 0 Å². The minimum Gasteiger partial charge on any atom is -0.486 e. The number of ether oxygens (including phenoxy) is 2. The van der Waals surface area contributed by atoms with Crippen LogP contribution in [0.2, 0.25) is 0 Å². The molecule has 1 amide bonds. The summed E-state index contributed by atoms with van der Waals surface area (Å²) in [6, 6.07) is 7.43. The lowest BCUT2D eigenvalue weighted by atomic mass is 9.84. The highest BCUT2D eigenvalue weighted by atomic mass is 16.5. The number of H-pyrrole nitrogens is 1. The Morgan fingerprint density at radius 2 is 2.11 bits per heavy atom. The van der Waals surface area contributed by atoms with E-state index in [9.17, 15) is 9.59 Å². The molecule has 1 aromatic carbocycles. The van der Waals surface area contributed by atoms with Crippen molar-refractivity contribution in [2.75, 3.05) is 19.7 Å². The molecule has 0 radical (unpaired) electrons. The van der Waals surface area contributed by atoms with Gasteiger partial charge in [-0.15, -0.1) is 0 Å². The quantitative estimate of drug-likeness (QED) is 0.821. The maximum atomic E-state index is 13.1. The van der Waals surface area contributed by atoms with Crippen LogP contribution in [-0.2, 0) is 17.8 Å². The molecule has 4 heterocycles. The standard InChI is InChI=1S/C21H23N3O4/c25-17-12-21(28-18-5-2-1-4-14(17)18)7-3-9-24(10-8-21)20(26)19-15-13-27-11-6-16(15)22-23-19/h1-2,4-5H,3,6-13H2,(H,22,23). The van der Waals surface area contributed by atoms with Crippen LogP contribution in [0.1, 0.15) is 57.8 Å². The molecule has 0 aliphatic carbocycles. The predicted octanol–water partition coefficient (Wildman–Crippen LogP) is 2.51. The van der Waals surface area contributed by atoms with E-state index in [4.69, 9.17) is 9.47 Å². The van der Waals surface area contributed by atoms with E-state index in [2.05, 4.69) is 10.2 Å². The molecular formula is C21H23N3O4. The maximum absolute atomic E-state index is 13.1. The molecule has 7 nitrogen and oxygen atoms in total. The summed E-state index contributed by atoms with van der Waals surface area (Å²) in [6.07, 6.45) is 3.33. The fourth-order valence-corrected chi connectivity index (χ4v) is 4.53. The number of benzene rings is 1. The highest BCUT2D eigenvalue weighted by molar-refractivity contribution is 6.00. The molecular weight excluding hydrogens is 358 g/mol. The van der Waals surface area contributed by atoms with Crippen molar-refractivity contribution in [2.45, 2.75) is 44.3 Å². The van der Waals surface area contributed by atoms with Gasteiger partial charge in [0.2, 0.25) is 0 Å². The number of nitrogens with one attached hydrogen (secondary N) is 1. The first-order valence-corrected chi connectivity index (χ1v) is 9.90. The number of aromatic nitrogens is 2. The van der Waals surface area contributed by atoms with Gasteiger partial charge in [-0.3, -0.25) is 14.7 Å². The van der Waals surface area contributed by atoms with Crippen molar-refractivity contribution in [3.8, 4) is 5.75 Å². The third kappa shape index (κ3) is 2.90. The lowest BCUT2D eigenvalue weighted by molar-refractivity contribution is 0.0299. The van der Waals surface area contributed by atoms with Gasteiger partial charge in [-0.1, -0.05) is 12.1 Å². The van der Waals surface area contributed by atoms with Gasteiger partial charge in [0.25, 0.3) is 5.91 Å². The molecule has 2 aromatic rings. The third-order valence-corrected chi connectivity index (χ3v) is 6.08. The molecule has 1 fully saturated rings. The molecule has 3 aliphatic rings. The van der Waals surface area contributed by atoms with E-state index in [1.165, 1.54) is 0 Å². The minimum atomic E-state index is -0.519. The number of rotatable bonds is 1. The Hall–Kier alpha value is -2.67.